The second kappa shape index (κ2) is 46.3. The quantitative estimate of drug-likeness (QED) is 0.0118. The summed E-state index contributed by atoms with van der Waals surface area (Å²) >= 11 is 7.55. The van der Waals surface area contributed by atoms with Crippen LogP contribution in [0.25, 0.3) is 0 Å². The molecule has 41 heteroatoms. The standard InChI is InChI=1S/C21H28N2O7S4.C20H24N2O8S4.C20H28N2O6S4.CH4.B.Li.H/c1-4-17(21(25)30-2)23-34(28,29)16-8-5-7-15(13-16)14-31-12-6-11-22-20(24)18-9-10-19(32-18)33(3,26)27;1-33(27,28)19-7-6-17(32-19)20(26)21-8-3-9-31-13-14-4-2-5-16(10-14)34(29,30)22-15(12-23)11-18(24)25;1-3-16(13-23)22-32(27,28)17-7-4-6-15(12-17)14-29-11-5-10-21-20(24)18-8-9-19(30-18)31(2,25)26;;;;/h5,7-10,13,17,23H,4,6,11-12,14H2,1-3H3,(H,22,24);2,4-7,10,12,15,22H,3,8-9,11,13H2,1H3,(H,21,26)(H,24,25);4,6-9,12,16,22-23H,3,5,10-11,13-14H2,1-2H3,(H,21,24);1H4;;;/q;;;;;+1;-1/t17-;15-;16-;;;;/m000..../s1. The Kier molecular flexibility index (Phi) is 43.2. The van der Waals surface area contributed by atoms with Crippen molar-refractivity contribution in [1.29, 1.82) is 0 Å². The van der Waals surface area contributed by atoms with Crippen LogP contribution in [0.3, 0.4) is 0 Å². The van der Waals surface area contributed by atoms with Crippen molar-refractivity contribution in [2.45, 2.75) is 122 Å². The molecule has 0 saturated carbocycles. The molecule has 3 aromatic carbocycles. The first-order valence-electron chi connectivity index (χ1n) is 30.1. The summed E-state index contributed by atoms with van der Waals surface area (Å²) in [6, 6.07) is 25.2. The molecule has 27 nitrogen and oxygen atoms in total. The van der Waals surface area contributed by atoms with Gasteiger partial charge in [0.2, 0.25) is 30.1 Å². The van der Waals surface area contributed by atoms with Gasteiger partial charge < -0.3 is 37.1 Å². The summed E-state index contributed by atoms with van der Waals surface area (Å²) in [7, 11) is -20.4. The van der Waals surface area contributed by atoms with E-state index in [9.17, 15) is 84.4 Å². The molecule has 0 aliphatic heterocycles. The van der Waals surface area contributed by atoms with Gasteiger partial charge in [-0.1, -0.05) is 57.7 Å². The number of nitrogens with one attached hydrogen (secondary N) is 6. The molecule has 0 aliphatic rings. The second-order valence-electron chi connectivity index (χ2n) is 21.6. The molecule has 565 valence electrons. The molecular formula is C62H85BLiN6O21S12. The third kappa shape index (κ3) is 34.2. The summed E-state index contributed by atoms with van der Waals surface area (Å²) in [5.74, 6) is 0.992. The van der Waals surface area contributed by atoms with Crippen molar-refractivity contribution >= 4 is 173 Å². The maximum absolute atomic E-state index is 12.6. The van der Waals surface area contributed by atoms with E-state index in [1.54, 1.807) is 73.8 Å². The number of sulfone groups is 3. The van der Waals surface area contributed by atoms with Crippen molar-refractivity contribution in [1.82, 2.24) is 30.1 Å². The maximum Gasteiger partial charge on any atom is 1.00 e. The SMILES string of the molecule is C.CC[C@@H](CO)NS(=O)(=O)c1cccc(CSCCCNC(=O)c2ccc(S(C)(=O)=O)s2)c1.CC[C@H](NS(=O)(=O)c1cccc(CSCCCNC(=O)c2ccc(S(C)(=O)=O)s2)c1)C(=O)OC.CS(=O)(=O)c1ccc(C(=O)NCCCSCc2cccc(S(=O)(=O)N[C@H](C=O)CC(=O)O)c2)s1.[B].[H-].[Li+]. The molecule has 0 fully saturated rings. The number of hydrogen-bond donors (Lipinski definition) is 8. The van der Waals surface area contributed by atoms with Crippen LogP contribution in [0, 0.1) is 0 Å². The van der Waals surface area contributed by atoms with Gasteiger partial charge in [-0.2, -0.15) is 40.0 Å². The number of thiophene rings is 3. The van der Waals surface area contributed by atoms with Crippen molar-refractivity contribution in [3.63, 3.8) is 0 Å². The van der Waals surface area contributed by atoms with E-state index in [4.69, 9.17) is 5.11 Å². The largest absolute Gasteiger partial charge is 1.00 e. The number of hydrogen-bond acceptors (Lipinski definition) is 26. The number of ether oxygens (including phenoxy) is 1. The second-order valence-corrected chi connectivity index (χ2v) is 40.0. The number of carbonyl (C=O) groups excluding carboxylic acids is 5. The van der Waals surface area contributed by atoms with Crippen LogP contribution in [0.4, 0.5) is 0 Å². The Hall–Kier alpha value is -4.97. The van der Waals surface area contributed by atoms with Crippen LogP contribution in [-0.4, -0.2) is 193 Å². The first-order chi connectivity index (χ1) is 47.0. The Morgan fingerprint density at radius 3 is 1.13 bits per heavy atom. The Bertz CT molecular complexity index is 4470. The summed E-state index contributed by atoms with van der Waals surface area (Å²) in [6.07, 6.45) is 5.70. The summed E-state index contributed by atoms with van der Waals surface area (Å²) in [4.78, 5) is 71.0. The number of esters is 1. The van der Waals surface area contributed by atoms with Gasteiger partial charge in [0.05, 0.1) is 55.5 Å². The molecule has 3 heterocycles. The molecule has 6 aromatic rings. The van der Waals surface area contributed by atoms with Gasteiger partial charge in [0.15, 0.2) is 29.5 Å². The number of carboxylic acid groups (broad SMARTS) is 1. The molecule has 0 unspecified atom stereocenters. The van der Waals surface area contributed by atoms with E-state index >= 15 is 0 Å². The molecule has 0 bridgehead atoms. The fraction of sp³-hybridized carbons (Fsp3) is 0.419. The van der Waals surface area contributed by atoms with E-state index in [0.717, 1.165) is 87.4 Å². The normalized spacial score (nSPS) is 12.5. The van der Waals surface area contributed by atoms with Crippen molar-refractivity contribution in [2.75, 3.05) is 69.4 Å². The predicted molar refractivity (Wildman–Crippen MR) is 405 cm³/mol. The van der Waals surface area contributed by atoms with E-state index in [1.807, 2.05) is 12.1 Å². The van der Waals surface area contributed by atoms with Gasteiger partial charge in [-0.05, 0) is 139 Å². The Morgan fingerprint density at radius 1 is 0.524 bits per heavy atom. The van der Waals surface area contributed by atoms with Crippen molar-refractivity contribution in [3.05, 3.63) is 141 Å². The van der Waals surface area contributed by atoms with E-state index in [2.05, 4.69) is 34.9 Å². The molecule has 3 atom stereocenters. The van der Waals surface area contributed by atoms with Crippen LogP contribution in [0.5, 0.6) is 0 Å². The van der Waals surface area contributed by atoms with Crippen LogP contribution in [0.1, 0.15) is 107 Å². The van der Waals surface area contributed by atoms with Gasteiger partial charge in [-0.25, -0.2) is 60.0 Å². The number of aliphatic hydroxyl groups excluding tert-OH is 1. The number of benzene rings is 3. The summed E-state index contributed by atoms with van der Waals surface area (Å²) in [5, 5.41) is 26.3. The molecule has 3 amide bonds. The number of thioether (sulfide) groups is 3. The monoisotopic (exact) mass is 1650 g/mol. The number of aliphatic carboxylic acids is 1. The fourth-order valence-electron chi connectivity index (χ4n) is 8.10. The number of methoxy groups -OCH3 is 1. The molecule has 8 N–H and O–H groups in total. The van der Waals surface area contributed by atoms with Gasteiger partial charge >= 0.3 is 30.8 Å². The van der Waals surface area contributed by atoms with Crippen molar-refractivity contribution < 1.29 is 115 Å². The number of aldehydes is 1. The number of carbonyl (C=O) groups is 6. The van der Waals surface area contributed by atoms with Crippen molar-refractivity contribution in [2.24, 2.45) is 0 Å². The Labute approximate surface area is 644 Å². The smallest absolute Gasteiger partial charge is 1.00 e. The Morgan fingerprint density at radius 2 is 0.854 bits per heavy atom. The predicted octanol–water partition coefficient (Wildman–Crippen LogP) is 3.59. The van der Waals surface area contributed by atoms with Crippen molar-refractivity contribution in [3.8, 4) is 0 Å². The fourth-order valence-corrected chi connectivity index (χ4v) is 20.3. The van der Waals surface area contributed by atoms with Crippen LogP contribution >= 0.6 is 69.3 Å². The van der Waals surface area contributed by atoms with Crippen LogP contribution in [-0.2, 0) is 96.0 Å². The zero-order valence-electron chi connectivity index (χ0n) is 57.6. The minimum Gasteiger partial charge on any atom is -1.00 e. The topological polar surface area (TPSA) is 429 Å². The average Bonchev–Trinajstić information content (AvgIpc) is 1.05. The summed E-state index contributed by atoms with van der Waals surface area (Å²) < 4.78 is 156. The van der Waals surface area contributed by atoms with Gasteiger partial charge in [-0.15, -0.1) is 34.0 Å². The van der Waals surface area contributed by atoms with Gasteiger partial charge in [-0.3, -0.25) is 24.0 Å². The molecule has 6 rings (SSSR count). The number of aliphatic hydroxyl groups is 1. The minimum atomic E-state index is -4.06. The molecular weight excluding hydrogens is 1570 g/mol. The minimum absolute atomic E-state index is 0. The number of rotatable bonds is 40. The van der Waals surface area contributed by atoms with Crippen LogP contribution in [0.2, 0.25) is 0 Å². The zero-order valence-corrected chi connectivity index (χ0v) is 66.4. The first-order valence-corrected chi connectivity index (χ1v) is 46.2. The van der Waals surface area contributed by atoms with E-state index in [-0.39, 0.29) is 100 Å². The maximum atomic E-state index is 12.6. The van der Waals surface area contributed by atoms with Gasteiger partial charge in [0.1, 0.15) is 25.0 Å². The number of amides is 3. The number of carboxylic acids is 1. The summed E-state index contributed by atoms with van der Waals surface area (Å²) in [6.45, 7) is 4.51. The summed E-state index contributed by atoms with van der Waals surface area (Å²) in [5.41, 5.74) is 2.41. The zero-order chi connectivity index (χ0) is 74.5. The molecule has 103 heavy (non-hydrogen) atoms. The van der Waals surface area contributed by atoms with E-state index in [0.29, 0.717) is 76.5 Å². The van der Waals surface area contributed by atoms with Crippen LogP contribution < -0.4 is 49.0 Å². The van der Waals surface area contributed by atoms with Gasteiger partial charge in [0, 0.05) is 70.1 Å². The number of sulfonamides is 3. The molecule has 3 aromatic heterocycles. The molecule has 0 spiro atoms. The third-order valence-corrected chi connectivity index (χ3v) is 29.8. The van der Waals surface area contributed by atoms with E-state index < -0.39 is 96.1 Å². The first kappa shape index (κ1) is 96.0. The molecule has 3 radical (unpaired) electrons. The molecule has 0 saturated heterocycles. The third-order valence-electron chi connectivity index (χ3n) is 13.3. The average molecular weight is 1650 g/mol. The van der Waals surface area contributed by atoms with Gasteiger partial charge in [0.25, 0.3) is 17.7 Å². The van der Waals surface area contributed by atoms with Crippen LogP contribution in [0.15, 0.2) is 137 Å². The molecule has 0 aliphatic carbocycles. The van der Waals surface area contributed by atoms with E-state index in [1.165, 1.54) is 79.5 Å². The Balaban J connectivity index is 0.00000150.